The van der Waals surface area contributed by atoms with E-state index in [1.165, 1.54) is 0 Å². The fourth-order valence-corrected chi connectivity index (χ4v) is 3.07. The van der Waals surface area contributed by atoms with E-state index in [2.05, 4.69) is 5.32 Å². The molecule has 1 saturated heterocycles. The molecule has 1 atom stereocenters. The molecule has 2 amide bonds. The quantitative estimate of drug-likeness (QED) is 0.833. The summed E-state index contributed by atoms with van der Waals surface area (Å²) >= 11 is 0. The van der Waals surface area contributed by atoms with Crippen LogP contribution in [0.4, 0.5) is 5.69 Å². The zero-order valence-electron chi connectivity index (χ0n) is 16.3. The summed E-state index contributed by atoms with van der Waals surface area (Å²) in [7, 11) is 0. The maximum absolute atomic E-state index is 12.7. The molecule has 0 aliphatic carbocycles. The second-order valence-corrected chi connectivity index (χ2v) is 6.75. The Hall–Kier alpha value is -2.86. The van der Waals surface area contributed by atoms with E-state index in [1.807, 2.05) is 38.1 Å². The van der Waals surface area contributed by atoms with Crippen LogP contribution in [0.3, 0.4) is 0 Å². The first-order valence-corrected chi connectivity index (χ1v) is 9.58. The van der Waals surface area contributed by atoms with Crippen LogP contribution in [0.25, 0.3) is 0 Å². The van der Waals surface area contributed by atoms with Gasteiger partial charge in [0.05, 0.1) is 13.2 Å². The van der Waals surface area contributed by atoms with Crippen molar-refractivity contribution >= 4 is 17.5 Å². The molecule has 1 unspecified atom stereocenters. The summed E-state index contributed by atoms with van der Waals surface area (Å²) < 4.78 is 11.2. The van der Waals surface area contributed by atoms with Gasteiger partial charge in [0.15, 0.2) is 6.10 Å². The van der Waals surface area contributed by atoms with Gasteiger partial charge in [0.2, 0.25) is 0 Å². The lowest BCUT2D eigenvalue weighted by atomic mass is 10.1. The van der Waals surface area contributed by atoms with Crippen molar-refractivity contribution in [1.82, 2.24) is 4.90 Å². The zero-order valence-corrected chi connectivity index (χ0v) is 16.3. The van der Waals surface area contributed by atoms with Gasteiger partial charge in [0.25, 0.3) is 11.8 Å². The molecule has 1 fully saturated rings. The van der Waals surface area contributed by atoms with Crippen molar-refractivity contribution in [2.45, 2.75) is 26.4 Å². The molecule has 0 saturated carbocycles. The number of nitrogens with zero attached hydrogens (tertiary/aromatic N) is 1. The molecular formula is C22H26N2O4. The standard InChI is InChI=1S/C22H26N2O4/c1-3-19(28-20-10-5-4-7-16(20)2)21(25)23-18-9-6-8-17(15-18)22(26)24-11-13-27-14-12-24/h4-10,15,19H,3,11-14H2,1-2H3,(H,23,25). The summed E-state index contributed by atoms with van der Waals surface area (Å²) in [6.07, 6.45) is -0.0771. The smallest absolute Gasteiger partial charge is 0.265 e. The van der Waals surface area contributed by atoms with Gasteiger partial charge in [0.1, 0.15) is 5.75 Å². The van der Waals surface area contributed by atoms with E-state index in [1.54, 1.807) is 29.2 Å². The van der Waals surface area contributed by atoms with Crippen LogP contribution >= 0.6 is 0 Å². The van der Waals surface area contributed by atoms with Gasteiger partial charge in [-0.3, -0.25) is 9.59 Å². The number of benzene rings is 2. The third-order valence-electron chi connectivity index (χ3n) is 4.70. The average molecular weight is 382 g/mol. The van der Waals surface area contributed by atoms with Gasteiger partial charge in [0, 0.05) is 24.3 Å². The van der Waals surface area contributed by atoms with Gasteiger partial charge >= 0.3 is 0 Å². The highest BCUT2D eigenvalue weighted by Crippen LogP contribution is 2.20. The first-order valence-electron chi connectivity index (χ1n) is 9.58. The molecular weight excluding hydrogens is 356 g/mol. The van der Waals surface area contributed by atoms with Gasteiger partial charge < -0.3 is 19.7 Å². The van der Waals surface area contributed by atoms with Crippen LogP contribution in [-0.4, -0.2) is 49.1 Å². The molecule has 1 aliphatic rings. The van der Waals surface area contributed by atoms with Crippen molar-refractivity contribution in [2.24, 2.45) is 0 Å². The molecule has 6 nitrogen and oxygen atoms in total. The van der Waals surface area contributed by atoms with E-state index in [-0.39, 0.29) is 11.8 Å². The number of para-hydroxylation sites is 1. The van der Waals surface area contributed by atoms with E-state index in [9.17, 15) is 9.59 Å². The predicted molar refractivity (Wildman–Crippen MR) is 108 cm³/mol. The molecule has 1 N–H and O–H groups in total. The summed E-state index contributed by atoms with van der Waals surface area (Å²) in [4.78, 5) is 27.1. The van der Waals surface area contributed by atoms with Gasteiger partial charge in [-0.15, -0.1) is 0 Å². The number of nitrogens with one attached hydrogen (secondary N) is 1. The van der Waals surface area contributed by atoms with Crippen LogP contribution < -0.4 is 10.1 Å². The lowest BCUT2D eigenvalue weighted by Crippen LogP contribution is -2.40. The van der Waals surface area contributed by atoms with Crippen molar-refractivity contribution in [2.75, 3.05) is 31.6 Å². The van der Waals surface area contributed by atoms with Crippen LogP contribution in [0.1, 0.15) is 29.3 Å². The fourth-order valence-electron chi connectivity index (χ4n) is 3.07. The highest BCUT2D eigenvalue weighted by Gasteiger charge is 2.21. The largest absolute Gasteiger partial charge is 0.480 e. The number of amides is 2. The van der Waals surface area contributed by atoms with Crippen molar-refractivity contribution < 1.29 is 19.1 Å². The molecule has 0 radical (unpaired) electrons. The fraction of sp³-hybridized carbons (Fsp3) is 0.364. The Balaban J connectivity index is 1.67. The topological polar surface area (TPSA) is 67.9 Å². The Labute approximate surface area is 165 Å². The molecule has 1 heterocycles. The van der Waals surface area contributed by atoms with Crippen LogP contribution in [0, 0.1) is 6.92 Å². The Kier molecular flexibility index (Phi) is 6.66. The highest BCUT2D eigenvalue weighted by molar-refractivity contribution is 5.98. The second-order valence-electron chi connectivity index (χ2n) is 6.75. The summed E-state index contributed by atoms with van der Waals surface area (Å²) in [6, 6.07) is 14.6. The van der Waals surface area contributed by atoms with Crippen molar-refractivity contribution in [3.8, 4) is 5.75 Å². The molecule has 1 aliphatic heterocycles. The maximum atomic E-state index is 12.7. The molecule has 2 aromatic carbocycles. The summed E-state index contributed by atoms with van der Waals surface area (Å²) in [6.45, 7) is 6.12. The molecule has 148 valence electrons. The SMILES string of the molecule is CCC(Oc1ccccc1C)C(=O)Nc1cccc(C(=O)N2CCOCC2)c1. The third kappa shape index (κ3) is 4.89. The minimum Gasteiger partial charge on any atom is -0.480 e. The maximum Gasteiger partial charge on any atom is 0.265 e. The van der Waals surface area contributed by atoms with Gasteiger partial charge in [-0.1, -0.05) is 31.2 Å². The van der Waals surface area contributed by atoms with Gasteiger partial charge in [-0.25, -0.2) is 0 Å². The van der Waals surface area contributed by atoms with Crippen molar-refractivity contribution in [3.05, 3.63) is 59.7 Å². The first kappa shape index (κ1) is 19.9. The van der Waals surface area contributed by atoms with E-state index >= 15 is 0 Å². The summed E-state index contributed by atoms with van der Waals surface area (Å²) in [5, 5.41) is 2.87. The van der Waals surface area contributed by atoms with E-state index in [0.29, 0.717) is 49.7 Å². The van der Waals surface area contributed by atoms with Gasteiger partial charge in [-0.2, -0.15) is 0 Å². The number of hydrogen-bond donors (Lipinski definition) is 1. The number of carbonyl (C=O) groups is 2. The lowest BCUT2D eigenvalue weighted by Gasteiger charge is -2.27. The van der Waals surface area contributed by atoms with Crippen LogP contribution in [-0.2, 0) is 9.53 Å². The minimum absolute atomic E-state index is 0.0531. The molecule has 28 heavy (non-hydrogen) atoms. The lowest BCUT2D eigenvalue weighted by molar-refractivity contribution is -0.122. The Morgan fingerprint density at radius 3 is 2.61 bits per heavy atom. The molecule has 2 aromatic rings. The van der Waals surface area contributed by atoms with Crippen molar-refractivity contribution in [1.29, 1.82) is 0 Å². The van der Waals surface area contributed by atoms with Crippen LogP contribution in [0.5, 0.6) is 5.75 Å². The third-order valence-corrected chi connectivity index (χ3v) is 4.70. The molecule has 0 aromatic heterocycles. The number of carbonyl (C=O) groups excluding carboxylic acids is 2. The highest BCUT2D eigenvalue weighted by atomic mass is 16.5. The minimum atomic E-state index is -0.611. The first-order chi connectivity index (χ1) is 13.6. The zero-order chi connectivity index (χ0) is 19.9. The monoisotopic (exact) mass is 382 g/mol. The number of morpholine rings is 1. The molecule has 0 bridgehead atoms. The number of aryl methyl sites for hydroxylation is 1. The average Bonchev–Trinajstić information content (AvgIpc) is 2.73. The van der Waals surface area contributed by atoms with E-state index in [0.717, 1.165) is 5.56 Å². The number of anilines is 1. The Bertz CT molecular complexity index is 831. The van der Waals surface area contributed by atoms with Gasteiger partial charge in [-0.05, 0) is 43.2 Å². The number of rotatable bonds is 6. The van der Waals surface area contributed by atoms with E-state index < -0.39 is 6.10 Å². The summed E-state index contributed by atoms with van der Waals surface area (Å²) in [5.74, 6) is 0.407. The van der Waals surface area contributed by atoms with Crippen molar-refractivity contribution in [3.63, 3.8) is 0 Å². The van der Waals surface area contributed by atoms with E-state index in [4.69, 9.17) is 9.47 Å². The summed E-state index contributed by atoms with van der Waals surface area (Å²) in [5.41, 5.74) is 2.11. The second kappa shape index (κ2) is 9.37. The Morgan fingerprint density at radius 1 is 1.14 bits per heavy atom. The van der Waals surface area contributed by atoms with Crippen LogP contribution in [0.15, 0.2) is 48.5 Å². The predicted octanol–water partition coefficient (Wildman–Crippen LogP) is 3.26. The number of ether oxygens (including phenoxy) is 2. The number of hydrogen-bond acceptors (Lipinski definition) is 4. The molecule has 3 rings (SSSR count). The molecule has 0 spiro atoms. The Morgan fingerprint density at radius 2 is 1.89 bits per heavy atom. The molecule has 6 heteroatoms. The van der Waals surface area contributed by atoms with Crippen LogP contribution in [0.2, 0.25) is 0 Å². The normalized spacial score (nSPS) is 15.0.